The van der Waals surface area contributed by atoms with Crippen LogP contribution in [0.25, 0.3) is 0 Å². The molecule has 4 N–H and O–H groups in total. The van der Waals surface area contributed by atoms with Crippen LogP contribution in [0.15, 0.2) is 0 Å². The Balaban J connectivity index is 2.37. The summed E-state index contributed by atoms with van der Waals surface area (Å²) < 4.78 is 5.43. The molecule has 0 radical (unpaired) electrons. The zero-order valence-electron chi connectivity index (χ0n) is 8.43. The molecule has 14 heavy (non-hydrogen) atoms. The highest BCUT2D eigenvalue weighted by molar-refractivity contribution is 5.73. The van der Waals surface area contributed by atoms with Crippen molar-refractivity contribution in [3.8, 4) is 0 Å². The molecule has 0 bridgehead atoms. The number of hydrogen-bond donors (Lipinski definition) is 3. The summed E-state index contributed by atoms with van der Waals surface area (Å²) in [5.41, 5.74) is 8.33. The van der Waals surface area contributed by atoms with Gasteiger partial charge in [0.25, 0.3) is 0 Å². The standard InChI is InChI=1S/C8H17N3O3/c1-5(9)4-14-7-3-6(8(12)13)10-11(7)2/h5-7,10H,3-4,9H2,1-2H3,(H,12,13). The fraction of sp³-hybridized carbons (Fsp3) is 0.875. The van der Waals surface area contributed by atoms with Gasteiger partial charge in [0, 0.05) is 19.5 Å². The van der Waals surface area contributed by atoms with E-state index in [1.807, 2.05) is 6.92 Å². The summed E-state index contributed by atoms with van der Waals surface area (Å²) in [4.78, 5) is 10.7. The predicted molar refractivity (Wildman–Crippen MR) is 50.3 cm³/mol. The van der Waals surface area contributed by atoms with Crippen molar-refractivity contribution in [1.29, 1.82) is 0 Å². The van der Waals surface area contributed by atoms with Crippen molar-refractivity contribution < 1.29 is 14.6 Å². The maximum Gasteiger partial charge on any atom is 0.322 e. The molecule has 1 saturated heterocycles. The van der Waals surface area contributed by atoms with Gasteiger partial charge in [0.1, 0.15) is 12.3 Å². The summed E-state index contributed by atoms with van der Waals surface area (Å²) in [5.74, 6) is -0.858. The lowest BCUT2D eigenvalue weighted by Crippen LogP contribution is -2.40. The average molecular weight is 203 g/mol. The Hall–Kier alpha value is -0.690. The van der Waals surface area contributed by atoms with Crippen LogP contribution in [0.4, 0.5) is 0 Å². The molecule has 3 unspecified atom stereocenters. The second-order valence-corrected chi connectivity index (χ2v) is 3.63. The molecule has 3 atom stereocenters. The largest absolute Gasteiger partial charge is 0.480 e. The molecule has 1 aliphatic rings. The first kappa shape index (κ1) is 11.4. The van der Waals surface area contributed by atoms with Gasteiger partial charge in [-0.15, -0.1) is 0 Å². The minimum absolute atomic E-state index is 0.0349. The van der Waals surface area contributed by atoms with E-state index in [1.54, 1.807) is 12.1 Å². The molecule has 1 rings (SSSR count). The minimum Gasteiger partial charge on any atom is -0.480 e. The van der Waals surface area contributed by atoms with Crippen LogP contribution in [0.3, 0.4) is 0 Å². The first-order chi connectivity index (χ1) is 6.50. The first-order valence-corrected chi connectivity index (χ1v) is 4.59. The van der Waals surface area contributed by atoms with Crippen LogP contribution < -0.4 is 11.2 Å². The van der Waals surface area contributed by atoms with Gasteiger partial charge in [0.2, 0.25) is 0 Å². The summed E-state index contributed by atoms with van der Waals surface area (Å²) in [6.07, 6.45) is 0.237. The van der Waals surface area contributed by atoms with Crippen molar-refractivity contribution in [1.82, 2.24) is 10.4 Å². The third-order valence-electron chi connectivity index (χ3n) is 2.08. The molecule has 0 aromatic carbocycles. The number of rotatable bonds is 4. The second kappa shape index (κ2) is 4.70. The summed E-state index contributed by atoms with van der Waals surface area (Å²) in [6.45, 7) is 2.28. The molecule has 0 aliphatic carbocycles. The third-order valence-corrected chi connectivity index (χ3v) is 2.08. The molecule has 6 nitrogen and oxygen atoms in total. The lowest BCUT2D eigenvalue weighted by molar-refractivity contribution is -0.139. The Morgan fingerprint density at radius 2 is 2.50 bits per heavy atom. The Bertz CT molecular complexity index is 210. The lowest BCUT2D eigenvalue weighted by Gasteiger charge is -2.20. The van der Waals surface area contributed by atoms with Crippen LogP contribution in [0.5, 0.6) is 0 Å². The summed E-state index contributed by atoms with van der Waals surface area (Å²) in [6, 6.07) is -0.592. The van der Waals surface area contributed by atoms with Gasteiger partial charge < -0.3 is 15.6 Å². The molecule has 1 aliphatic heterocycles. The second-order valence-electron chi connectivity index (χ2n) is 3.63. The van der Waals surface area contributed by atoms with Gasteiger partial charge in [-0.25, -0.2) is 10.4 Å². The number of carbonyl (C=O) groups is 1. The van der Waals surface area contributed by atoms with Crippen molar-refractivity contribution in [2.45, 2.75) is 31.7 Å². The molecule has 82 valence electrons. The number of carboxylic acid groups (broad SMARTS) is 1. The topological polar surface area (TPSA) is 87.8 Å². The Morgan fingerprint density at radius 1 is 1.86 bits per heavy atom. The van der Waals surface area contributed by atoms with Gasteiger partial charge in [-0.2, -0.15) is 0 Å². The van der Waals surface area contributed by atoms with Crippen molar-refractivity contribution in [3.05, 3.63) is 0 Å². The fourth-order valence-corrected chi connectivity index (χ4v) is 1.34. The summed E-state index contributed by atoms with van der Waals surface area (Å²) >= 11 is 0. The third kappa shape index (κ3) is 2.91. The molecule has 6 heteroatoms. The number of nitrogens with two attached hydrogens (primary N) is 1. The van der Waals surface area contributed by atoms with Crippen molar-refractivity contribution >= 4 is 5.97 Å². The number of aliphatic carboxylic acids is 1. The van der Waals surface area contributed by atoms with E-state index in [0.717, 1.165) is 0 Å². The van der Waals surface area contributed by atoms with Gasteiger partial charge in [-0.05, 0) is 6.92 Å². The number of nitrogens with one attached hydrogen (secondary N) is 1. The Labute approximate surface area is 83.0 Å². The van der Waals surface area contributed by atoms with Crippen molar-refractivity contribution in [2.24, 2.45) is 5.73 Å². The SMILES string of the molecule is CC(N)COC1CC(C(=O)O)NN1C. The fourth-order valence-electron chi connectivity index (χ4n) is 1.34. The first-order valence-electron chi connectivity index (χ1n) is 4.59. The molecular formula is C8H17N3O3. The van der Waals surface area contributed by atoms with Gasteiger partial charge >= 0.3 is 5.97 Å². The maximum atomic E-state index is 10.7. The van der Waals surface area contributed by atoms with Gasteiger partial charge in [-0.3, -0.25) is 4.79 Å². The van der Waals surface area contributed by atoms with Crippen LogP contribution in [0.1, 0.15) is 13.3 Å². The minimum atomic E-state index is -0.858. The van der Waals surface area contributed by atoms with E-state index < -0.39 is 12.0 Å². The predicted octanol–water partition coefficient (Wildman–Crippen LogP) is -1.03. The number of hydrazine groups is 1. The van der Waals surface area contributed by atoms with Crippen LogP contribution in [0.2, 0.25) is 0 Å². The number of ether oxygens (including phenoxy) is 1. The molecular weight excluding hydrogens is 186 g/mol. The molecule has 0 spiro atoms. The normalized spacial score (nSPS) is 30.5. The summed E-state index contributed by atoms with van der Waals surface area (Å²) in [5, 5.41) is 10.4. The van der Waals surface area contributed by atoms with E-state index in [0.29, 0.717) is 13.0 Å². The number of hydrogen-bond acceptors (Lipinski definition) is 5. The van der Waals surface area contributed by atoms with Crippen molar-refractivity contribution in [2.75, 3.05) is 13.7 Å². The Morgan fingerprint density at radius 3 is 2.93 bits per heavy atom. The number of carboxylic acids is 1. The monoisotopic (exact) mass is 203 g/mol. The van der Waals surface area contributed by atoms with E-state index in [-0.39, 0.29) is 12.3 Å². The zero-order valence-corrected chi connectivity index (χ0v) is 8.43. The molecule has 0 amide bonds. The van der Waals surface area contributed by atoms with E-state index in [4.69, 9.17) is 15.6 Å². The highest BCUT2D eigenvalue weighted by Gasteiger charge is 2.34. The lowest BCUT2D eigenvalue weighted by atomic mass is 10.2. The molecule has 0 aromatic rings. The van der Waals surface area contributed by atoms with Crippen LogP contribution in [-0.4, -0.2) is 48.1 Å². The van der Waals surface area contributed by atoms with Gasteiger partial charge in [0.15, 0.2) is 0 Å². The maximum absolute atomic E-state index is 10.7. The zero-order chi connectivity index (χ0) is 10.7. The van der Waals surface area contributed by atoms with Gasteiger partial charge in [-0.1, -0.05) is 0 Å². The highest BCUT2D eigenvalue weighted by Crippen LogP contribution is 2.14. The van der Waals surface area contributed by atoms with Crippen molar-refractivity contribution in [3.63, 3.8) is 0 Å². The highest BCUT2D eigenvalue weighted by atomic mass is 16.5. The molecule has 1 heterocycles. The quantitative estimate of drug-likeness (QED) is 0.541. The molecule has 0 aromatic heterocycles. The van der Waals surface area contributed by atoms with E-state index >= 15 is 0 Å². The van der Waals surface area contributed by atoms with Gasteiger partial charge in [0.05, 0.1) is 6.61 Å². The number of nitrogens with zero attached hydrogens (tertiary/aromatic N) is 1. The van der Waals surface area contributed by atoms with Crippen LogP contribution >= 0.6 is 0 Å². The van der Waals surface area contributed by atoms with Crippen LogP contribution in [0, 0.1) is 0 Å². The molecule has 1 fully saturated rings. The van der Waals surface area contributed by atoms with E-state index in [9.17, 15) is 4.79 Å². The van der Waals surface area contributed by atoms with Crippen LogP contribution in [-0.2, 0) is 9.53 Å². The van der Waals surface area contributed by atoms with E-state index in [1.165, 1.54) is 0 Å². The average Bonchev–Trinajstić information content (AvgIpc) is 2.43. The van der Waals surface area contributed by atoms with E-state index in [2.05, 4.69) is 5.43 Å². The smallest absolute Gasteiger partial charge is 0.322 e. The summed E-state index contributed by atoms with van der Waals surface area (Å²) in [7, 11) is 1.76. The molecule has 0 saturated carbocycles. The Kier molecular flexibility index (Phi) is 3.82.